The molecule has 1 aliphatic rings. The number of carbonyl (C=O) groups is 1. The molecule has 1 aliphatic heterocycles. The molecular weight excluding hydrogens is 373 g/mol. The monoisotopic (exact) mass is 389 g/mol. The zero-order valence-electron chi connectivity index (χ0n) is 10.9. The molecule has 1 aromatic rings. The highest BCUT2D eigenvalue weighted by Gasteiger charge is 2.13. The Morgan fingerprint density at radius 2 is 2.25 bits per heavy atom. The van der Waals surface area contributed by atoms with Gasteiger partial charge in [0.25, 0.3) is 5.91 Å². The molecule has 0 unspecified atom stereocenters. The topological polar surface area (TPSA) is 74.2 Å². The van der Waals surface area contributed by atoms with Gasteiger partial charge in [-0.3, -0.25) is 9.69 Å². The lowest BCUT2D eigenvalue weighted by molar-refractivity contribution is -0.123. The molecule has 6 nitrogen and oxygen atoms in total. The zero-order chi connectivity index (χ0) is 14.4. The van der Waals surface area contributed by atoms with Crippen LogP contribution in [0.4, 0.5) is 0 Å². The molecule has 0 saturated carbocycles. The van der Waals surface area contributed by atoms with Crippen LogP contribution in [0.25, 0.3) is 0 Å². The summed E-state index contributed by atoms with van der Waals surface area (Å²) < 4.78 is 5.96. The number of nitrogens with one attached hydrogen (secondary N) is 1. The largest absolute Gasteiger partial charge is 0.507 e. The van der Waals surface area contributed by atoms with Crippen molar-refractivity contribution in [2.45, 2.75) is 0 Å². The van der Waals surface area contributed by atoms with Crippen LogP contribution in [-0.2, 0) is 9.53 Å². The second-order valence-corrected chi connectivity index (χ2v) is 5.55. The molecule has 7 heteroatoms. The van der Waals surface area contributed by atoms with Gasteiger partial charge in [-0.15, -0.1) is 0 Å². The number of nitrogens with zero attached hydrogens (tertiary/aromatic N) is 2. The third kappa shape index (κ3) is 4.73. The molecule has 0 atom stereocenters. The number of morpholine rings is 1. The number of phenols is 1. The molecule has 1 fully saturated rings. The number of ether oxygens (including phenoxy) is 1. The Morgan fingerprint density at radius 1 is 1.50 bits per heavy atom. The van der Waals surface area contributed by atoms with Gasteiger partial charge >= 0.3 is 0 Å². The standard InChI is InChI=1S/C13H16IN3O3/c14-11-7-10(1-2-12(11)18)8-15-16-13(19)9-17-3-5-20-6-4-17/h1-2,7-8,18H,3-6,9H2,(H,16,19). The maximum absolute atomic E-state index is 11.7. The number of hydrogen-bond acceptors (Lipinski definition) is 5. The van der Waals surface area contributed by atoms with E-state index in [1.54, 1.807) is 24.4 Å². The fraction of sp³-hybridized carbons (Fsp3) is 0.385. The molecule has 0 bridgehead atoms. The summed E-state index contributed by atoms with van der Waals surface area (Å²) >= 11 is 2.03. The fourth-order valence-corrected chi connectivity index (χ4v) is 2.32. The number of hydrazone groups is 1. The van der Waals surface area contributed by atoms with Gasteiger partial charge in [0.05, 0.1) is 29.5 Å². The summed E-state index contributed by atoms with van der Waals surface area (Å²) in [5.41, 5.74) is 3.31. The van der Waals surface area contributed by atoms with Gasteiger partial charge in [0.2, 0.25) is 0 Å². The molecule has 0 aromatic heterocycles. The highest BCUT2D eigenvalue weighted by atomic mass is 127. The highest BCUT2D eigenvalue weighted by Crippen LogP contribution is 2.19. The number of aromatic hydroxyl groups is 1. The summed E-state index contributed by atoms with van der Waals surface area (Å²) in [5.74, 6) is 0.0933. The summed E-state index contributed by atoms with van der Waals surface area (Å²) in [5, 5.41) is 13.3. The minimum Gasteiger partial charge on any atom is -0.507 e. The Bertz CT molecular complexity index is 502. The number of phenolic OH excluding ortho intramolecular Hbond substituents is 1. The number of rotatable bonds is 4. The molecule has 2 N–H and O–H groups in total. The van der Waals surface area contributed by atoms with Crippen molar-refractivity contribution in [1.29, 1.82) is 0 Å². The van der Waals surface area contributed by atoms with Crippen molar-refractivity contribution in [1.82, 2.24) is 10.3 Å². The SMILES string of the molecule is O=C(CN1CCOCC1)NN=Cc1ccc(O)c(I)c1. The Balaban J connectivity index is 1.79. The maximum atomic E-state index is 11.7. The summed E-state index contributed by atoms with van der Waals surface area (Å²) in [6.07, 6.45) is 1.55. The Hall–Kier alpha value is -1.19. The van der Waals surface area contributed by atoms with Gasteiger partial charge in [0, 0.05) is 13.1 Å². The first-order valence-electron chi connectivity index (χ1n) is 6.25. The lowest BCUT2D eigenvalue weighted by Crippen LogP contribution is -2.42. The smallest absolute Gasteiger partial charge is 0.254 e. The number of carbonyl (C=O) groups excluding carboxylic acids is 1. The first-order chi connectivity index (χ1) is 9.65. The predicted octanol–water partition coefficient (Wildman–Crippen LogP) is 0.779. The minimum absolute atomic E-state index is 0.142. The minimum atomic E-state index is -0.142. The van der Waals surface area contributed by atoms with Crippen LogP contribution in [0.2, 0.25) is 0 Å². The summed E-state index contributed by atoms with van der Waals surface area (Å²) in [7, 11) is 0. The van der Waals surface area contributed by atoms with Crippen LogP contribution in [-0.4, -0.2) is 55.0 Å². The van der Waals surface area contributed by atoms with Crippen LogP contribution in [0.15, 0.2) is 23.3 Å². The first kappa shape index (κ1) is 15.2. The summed E-state index contributed by atoms with van der Waals surface area (Å²) in [6, 6.07) is 5.11. The van der Waals surface area contributed by atoms with Crippen molar-refractivity contribution in [2.75, 3.05) is 32.8 Å². The average molecular weight is 389 g/mol. The molecule has 0 radical (unpaired) electrons. The van der Waals surface area contributed by atoms with Crippen LogP contribution < -0.4 is 5.43 Å². The van der Waals surface area contributed by atoms with Crippen molar-refractivity contribution in [2.24, 2.45) is 5.10 Å². The van der Waals surface area contributed by atoms with Gasteiger partial charge in [-0.2, -0.15) is 5.10 Å². The molecule has 0 spiro atoms. The van der Waals surface area contributed by atoms with E-state index in [0.717, 1.165) is 22.2 Å². The van der Waals surface area contributed by atoms with Crippen molar-refractivity contribution < 1.29 is 14.6 Å². The van der Waals surface area contributed by atoms with Gasteiger partial charge in [-0.25, -0.2) is 5.43 Å². The molecule has 0 aliphatic carbocycles. The van der Waals surface area contributed by atoms with Crippen molar-refractivity contribution in [3.8, 4) is 5.75 Å². The summed E-state index contributed by atoms with van der Waals surface area (Å²) in [4.78, 5) is 13.7. The van der Waals surface area contributed by atoms with E-state index in [1.807, 2.05) is 27.5 Å². The molecule has 1 saturated heterocycles. The van der Waals surface area contributed by atoms with Crippen molar-refractivity contribution in [3.63, 3.8) is 0 Å². The van der Waals surface area contributed by atoms with Gasteiger partial charge in [0.15, 0.2) is 0 Å². The van der Waals surface area contributed by atoms with E-state index in [0.29, 0.717) is 19.8 Å². The lowest BCUT2D eigenvalue weighted by atomic mass is 10.2. The number of halogens is 1. The first-order valence-corrected chi connectivity index (χ1v) is 7.33. The predicted molar refractivity (Wildman–Crippen MR) is 83.8 cm³/mol. The van der Waals surface area contributed by atoms with E-state index in [1.165, 1.54) is 0 Å². The molecule has 1 aromatic carbocycles. The van der Waals surface area contributed by atoms with Crippen LogP contribution in [0.3, 0.4) is 0 Å². The second kappa shape index (κ2) is 7.55. The Morgan fingerprint density at radius 3 is 2.95 bits per heavy atom. The van der Waals surface area contributed by atoms with E-state index in [-0.39, 0.29) is 11.7 Å². The Labute approximate surface area is 130 Å². The van der Waals surface area contributed by atoms with Crippen molar-refractivity contribution in [3.05, 3.63) is 27.3 Å². The average Bonchev–Trinajstić information content (AvgIpc) is 2.44. The Kier molecular flexibility index (Phi) is 5.74. The van der Waals surface area contributed by atoms with E-state index in [9.17, 15) is 9.90 Å². The van der Waals surface area contributed by atoms with E-state index < -0.39 is 0 Å². The number of amides is 1. The normalized spacial score (nSPS) is 16.4. The fourth-order valence-electron chi connectivity index (χ4n) is 1.78. The van der Waals surface area contributed by atoms with E-state index in [2.05, 4.69) is 10.5 Å². The molecule has 1 amide bonds. The molecule has 2 rings (SSSR count). The van der Waals surface area contributed by atoms with Crippen LogP contribution in [0.1, 0.15) is 5.56 Å². The molecule has 1 heterocycles. The van der Waals surface area contributed by atoms with Crippen LogP contribution >= 0.6 is 22.6 Å². The third-order valence-electron chi connectivity index (χ3n) is 2.85. The van der Waals surface area contributed by atoms with E-state index >= 15 is 0 Å². The van der Waals surface area contributed by atoms with Gasteiger partial charge < -0.3 is 9.84 Å². The van der Waals surface area contributed by atoms with Crippen LogP contribution in [0, 0.1) is 3.57 Å². The zero-order valence-corrected chi connectivity index (χ0v) is 13.0. The lowest BCUT2D eigenvalue weighted by Gasteiger charge is -2.25. The third-order valence-corrected chi connectivity index (χ3v) is 3.71. The molecule has 108 valence electrons. The number of benzene rings is 1. The number of hydrogen-bond donors (Lipinski definition) is 2. The van der Waals surface area contributed by atoms with Gasteiger partial charge in [-0.05, 0) is 46.4 Å². The maximum Gasteiger partial charge on any atom is 0.254 e. The van der Waals surface area contributed by atoms with Gasteiger partial charge in [0.1, 0.15) is 5.75 Å². The molecule has 20 heavy (non-hydrogen) atoms. The quantitative estimate of drug-likeness (QED) is 0.454. The van der Waals surface area contributed by atoms with E-state index in [4.69, 9.17) is 4.74 Å². The highest BCUT2D eigenvalue weighted by molar-refractivity contribution is 14.1. The van der Waals surface area contributed by atoms with Gasteiger partial charge in [-0.1, -0.05) is 0 Å². The van der Waals surface area contributed by atoms with Crippen molar-refractivity contribution >= 4 is 34.7 Å². The molecular formula is C13H16IN3O3. The second-order valence-electron chi connectivity index (χ2n) is 4.39. The summed E-state index contributed by atoms with van der Waals surface area (Å²) in [6.45, 7) is 3.21. The van der Waals surface area contributed by atoms with Crippen LogP contribution in [0.5, 0.6) is 5.75 Å².